The summed E-state index contributed by atoms with van der Waals surface area (Å²) in [5.74, 6) is -2.08. The van der Waals surface area contributed by atoms with Crippen LogP contribution in [0.15, 0.2) is 91.5 Å². The van der Waals surface area contributed by atoms with Crippen LogP contribution in [0.3, 0.4) is 0 Å². The highest BCUT2D eigenvalue weighted by Crippen LogP contribution is 2.45. The van der Waals surface area contributed by atoms with Gasteiger partial charge >= 0.3 is 12.0 Å². The predicted octanol–water partition coefficient (Wildman–Crippen LogP) is 4.39. The average Bonchev–Trinajstić information content (AvgIpc) is 3.59. The maximum absolute atomic E-state index is 14.2. The summed E-state index contributed by atoms with van der Waals surface area (Å²) in [6.07, 6.45) is 0.576. The van der Waals surface area contributed by atoms with Crippen LogP contribution >= 0.6 is 0 Å². The highest BCUT2D eigenvalue weighted by atomic mass is 16.5. The Balaban J connectivity index is 1.17. The summed E-state index contributed by atoms with van der Waals surface area (Å²) in [5, 5.41) is 30.0. The van der Waals surface area contributed by atoms with E-state index >= 15 is 0 Å². The van der Waals surface area contributed by atoms with Gasteiger partial charge in [0, 0.05) is 41.8 Å². The van der Waals surface area contributed by atoms with Gasteiger partial charge in [-0.05, 0) is 35.6 Å². The molecule has 4 aromatic rings. The monoisotopic (exact) mass is 747 g/mol. The van der Waals surface area contributed by atoms with Crippen molar-refractivity contribution in [3.63, 3.8) is 0 Å². The number of fused-ring (bicyclic) bond motifs is 2. The van der Waals surface area contributed by atoms with Gasteiger partial charge in [0.1, 0.15) is 35.2 Å². The summed E-state index contributed by atoms with van der Waals surface area (Å²) < 4.78 is 12.1. The summed E-state index contributed by atoms with van der Waals surface area (Å²) in [6, 6.07) is 20.8. The number of nitrogens with one attached hydrogen (secondary N) is 3. The van der Waals surface area contributed by atoms with Crippen LogP contribution in [0, 0.1) is 11.8 Å². The van der Waals surface area contributed by atoms with Crippen molar-refractivity contribution in [2.75, 3.05) is 13.7 Å². The number of likely N-dealkylation sites (tertiary alicyclic amines) is 1. The standard InChI is InChI=1S/C42H45N5O8/c1-5-26-21-42(26,40(51)52)46-38(49)33-19-28(55-35-20-31(24-11-7-6-8-12-24)43-32-18-27(54-4)15-16-30(32)35)22-47(33)41(53)45-36(23(2)3)39(50)44-37-29-14-10-9-13-25(29)17-34(37)48/h5-16,18,20,23,26,28,33-34,36-37,48H,1,17,19,21-22H2,2-4H3,(H,44,50)(H,45,53)(H,46,49)(H,51,52)/t26-,28-,33+,34+,36?,37-,42-/m1/s1. The Bertz CT molecular complexity index is 2140. The van der Waals surface area contributed by atoms with E-state index in [9.17, 15) is 29.4 Å². The van der Waals surface area contributed by atoms with Gasteiger partial charge in [-0.1, -0.05) is 74.5 Å². The summed E-state index contributed by atoms with van der Waals surface area (Å²) in [5.41, 5.74) is 2.35. The van der Waals surface area contributed by atoms with Gasteiger partial charge in [0.05, 0.1) is 37.0 Å². The number of carbonyl (C=O) groups is 4. The Labute approximate surface area is 318 Å². The molecule has 7 atom stereocenters. The molecule has 55 heavy (non-hydrogen) atoms. The van der Waals surface area contributed by atoms with Crippen LogP contribution in [0.2, 0.25) is 0 Å². The summed E-state index contributed by atoms with van der Waals surface area (Å²) in [4.78, 5) is 60.5. The number of aromatic nitrogens is 1. The van der Waals surface area contributed by atoms with Crippen molar-refractivity contribution < 1.29 is 38.9 Å². The number of nitrogens with zero attached hydrogens (tertiary/aromatic N) is 2. The Hall–Kier alpha value is -5.95. The third kappa shape index (κ3) is 7.31. The second kappa shape index (κ2) is 15.1. The van der Waals surface area contributed by atoms with E-state index in [1.54, 1.807) is 33.1 Å². The molecule has 1 saturated carbocycles. The molecular weight excluding hydrogens is 702 g/mol. The van der Waals surface area contributed by atoms with Gasteiger partial charge < -0.3 is 40.5 Å². The number of carbonyl (C=O) groups excluding carboxylic acids is 3. The Kier molecular flexibility index (Phi) is 10.2. The van der Waals surface area contributed by atoms with Crippen LogP contribution in [-0.4, -0.2) is 87.4 Å². The van der Waals surface area contributed by atoms with Crippen LogP contribution in [0.5, 0.6) is 11.5 Å². The highest BCUT2D eigenvalue weighted by molar-refractivity contribution is 5.95. The van der Waals surface area contributed by atoms with Crippen molar-refractivity contribution in [1.82, 2.24) is 25.8 Å². The minimum absolute atomic E-state index is 0.0396. The fourth-order valence-corrected chi connectivity index (χ4v) is 7.75. The molecule has 286 valence electrons. The number of urea groups is 1. The molecule has 3 aliphatic rings. The molecule has 0 spiro atoms. The maximum atomic E-state index is 14.2. The predicted molar refractivity (Wildman–Crippen MR) is 204 cm³/mol. The molecule has 2 heterocycles. The van der Waals surface area contributed by atoms with Crippen LogP contribution in [0.4, 0.5) is 4.79 Å². The van der Waals surface area contributed by atoms with Crippen LogP contribution < -0.4 is 25.4 Å². The van der Waals surface area contributed by atoms with Crippen molar-refractivity contribution in [3.05, 3.63) is 103 Å². The third-order valence-electron chi connectivity index (χ3n) is 10.9. The molecule has 3 aromatic carbocycles. The van der Waals surface area contributed by atoms with Gasteiger partial charge in [-0.2, -0.15) is 0 Å². The highest BCUT2D eigenvalue weighted by Gasteiger charge is 2.61. The average molecular weight is 748 g/mol. The first kappa shape index (κ1) is 37.4. The number of aliphatic hydroxyl groups is 1. The molecule has 5 N–H and O–H groups in total. The van der Waals surface area contributed by atoms with E-state index in [1.165, 1.54) is 11.0 Å². The van der Waals surface area contributed by atoms with Gasteiger partial charge in [0.2, 0.25) is 11.8 Å². The zero-order valence-corrected chi connectivity index (χ0v) is 30.9. The smallest absolute Gasteiger partial charge is 0.330 e. The minimum Gasteiger partial charge on any atom is -0.497 e. The largest absolute Gasteiger partial charge is 0.497 e. The lowest BCUT2D eigenvalue weighted by molar-refractivity contribution is -0.144. The fraction of sp³-hybridized carbons (Fsp3) is 0.357. The van der Waals surface area contributed by atoms with Crippen molar-refractivity contribution in [2.45, 2.75) is 69.0 Å². The zero-order valence-electron chi connectivity index (χ0n) is 30.9. The topological polar surface area (TPSA) is 179 Å². The molecule has 1 aromatic heterocycles. The molecule has 1 aliphatic heterocycles. The van der Waals surface area contributed by atoms with E-state index in [0.29, 0.717) is 34.5 Å². The molecule has 2 fully saturated rings. The number of amides is 4. The number of aliphatic hydroxyl groups excluding tert-OH is 1. The lowest BCUT2D eigenvalue weighted by atomic mass is 10.0. The van der Waals surface area contributed by atoms with E-state index in [2.05, 4.69) is 22.5 Å². The molecular formula is C42H45N5O8. The number of rotatable bonds is 12. The Morgan fingerprint density at radius 2 is 1.78 bits per heavy atom. The number of hydrogen-bond acceptors (Lipinski definition) is 8. The van der Waals surface area contributed by atoms with Crippen molar-refractivity contribution in [3.8, 4) is 22.8 Å². The SMILES string of the molecule is C=C[C@@H]1C[C@]1(NC(=O)[C@@H]1C[C@@H](Oc2cc(-c3ccccc3)nc3cc(OC)ccc23)CN1C(=O)NC(C(=O)N[C@@H]1c2ccccc2C[C@@H]1O)C(C)C)C(=O)O. The Morgan fingerprint density at radius 3 is 2.47 bits per heavy atom. The molecule has 4 amide bonds. The van der Waals surface area contributed by atoms with Crippen LogP contribution in [0.1, 0.15) is 43.9 Å². The molecule has 2 aliphatic carbocycles. The first-order valence-corrected chi connectivity index (χ1v) is 18.4. The number of methoxy groups -OCH3 is 1. The first-order chi connectivity index (χ1) is 26.4. The number of pyridine rings is 1. The molecule has 13 heteroatoms. The summed E-state index contributed by atoms with van der Waals surface area (Å²) >= 11 is 0. The maximum Gasteiger partial charge on any atom is 0.330 e. The van der Waals surface area contributed by atoms with E-state index in [1.807, 2.05) is 66.7 Å². The van der Waals surface area contributed by atoms with Gasteiger partial charge in [-0.25, -0.2) is 14.6 Å². The van der Waals surface area contributed by atoms with E-state index in [4.69, 9.17) is 14.5 Å². The normalized spacial score (nSPS) is 24.5. The molecule has 1 unspecified atom stereocenters. The lowest BCUT2D eigenvalue weighted by Crippen LogP contribution is -2.58. The van der Waals surface area contributed by atoms with Gasteiger partial charge in [-0.15, -0.1) is 6.58 Å². The van der Waals surface area contributed by atoms with Crippen molar-refractivity contribution >= 4 is 34.7 Å². The van der Waals surface area contributed by atoms with Crippen molar-refractivity contribution in [2.24, 2.45) is 11.8 Å². The number of benzene rings is 3. The summed E-state index contributed by atoms with van der Waals surface area (Å²) in [6.45, 7) is 7.25. The third-order valence-corrected chi connectivity index (χ3v) is 10.9. The Morgan fingerprint density at radius 1 is 1.04 bits per heavy atom. The van der Waals surface area contributed by atoms with Gasteiger partial charge in [-0.3, -0.25) is 9.59 Å². The number of ether oxygens (including phenoxy) is 2. The molecule has 13 nitrogen and oxygen atoms in total. The number of carboxylic acids is 1. The van der Waals surface area contributed by atoms with Crippen LogP contribution in [-0.2, 0) is 20.8 Å². The quantitative estimate of drug-likeness (QED) is 0.132. The molecule has 0 bridgehead atoms. The van der Waals surface area contributed by atoms with Crippen LogP contribution in [0.25, 0.3) is 22.2 Å². The number of aliphatic carboxylic acids is 1. The van der Waals surface area contributed by atoms with E-state index in [0.717, 1.165) is 16.7 Å². The molecule has 0 radical (unpaired) electrons. The zero-order chi connectivity index (χ0) is 39.0. The van der Waals surface area contributed by atoms with Gasteiger partial charge in [0.15, 0.2) is 0 Å². The second-order valence-corrected chi connectivity index (χ2v) is 14.8. The van der Waals surface area contributed by atoms with Crippen molar-refractivity contribution in [1.29, 1.82) is 0 Å². The first-order valence-electron chi connectivity index (χ1n) is 18.4. The fourth-order valence-electron chi connectivity index (χ4n) is 7.75. The summed E-state index contributed by atoms with van der Waals surface area (Å²) in [7, 11) is 1.57. The minimum atomic E-state index is -1.52. The van der Waals surface area contributed by atoms with E-state index < -0.39 is 65.6 Å². The number of hydrogen-bond donors (Lipinski definition) is 5. The lowest BCUT2D eigenvalue weighted by Gasteiger charge is -2.30. The molecule has 1 saturated heterocycles. The van der Waals surface area contributed by atoms with Gasteiger partial charge in [0.25, 0.3) is 0 Å². The van der Waals surface area contributed by atoms with E-state index in [-0.39, 0.29) is 25.3 Å². The second-order valence-electron chi connectivity index (χ2n) is 14.8. The number of carboxylic acid groups (broad SMARTS) is 1. The molecule has 7 rings (SSSR count).